The summed E-state index contributed by atoms with van der Waals surface area (Å²) in [7, 11) is 3.61. The molecule has 1 saturated heterocycles. The van der Waals surface area contributed by atoms with E-state index >= 15 is 4.79 Å². The Balaban J connectivity index is 1.38. The number of hydrogen-bond acceptors (Lipinski definition) is 5. The second kappa shape index (κ2) is 16.2. The van der Waals surface area contributed by atoms with Crippen LogP contribution in [0.15, 0.2) is 96.0 Å². The van der Waals surface area contributed by atoms with Gasteiger partial charge in [-0.25, -0.2) is 0 Å². The highest BCUT2D eigenvalue weighted by Gasteiger charge is 2.39. The maximum Gasteiger partial charge on any atom is 0.252 e. The predicted octanol–water partition coefficient (Wildman–Crippen LogP) is 7.74. The number of amides is 1. The van der Waals surface area contributed by atoms with E-state index in [1.54, 1.807) is 7.11 Å². The second-order valence-corrected chi connectivity index (χ2v) is 14.1. The predicted molar refractivity (Wildman–Crippen MR) is 191 cm³/mol. The topological polar surface area (TPSA) is 45.2 Å². The molecule has 5 atom stereocenters. The Morgan fingerprint density at radius 1 is 0.979 bits per heavy atom. The first kappa shape index (κ1) is 33.5. The first-order valence-electron chi connectivity index (χ1n) is 18.1. The molecule has 0 N–H and O–H groups in total. The van der Waals surface area contributed by atoms with Crippen LogP contribution in [0.5, 0.6) is 0 Å². The van der Waals surface area contributed by atoms with Crippen LogP contribution in [0.4, 0.5) is 0 Å². The van der Waals surface area contributed by atoms with Gasteiger partial charge in [-0.3, -0.25) is 9.69 Å². The van der Waals surface area contributed by atoms with Gasteiger partial charge in [0, 0.05) is 69.5 Å². The fourth-order valence-electron chi connectivity index (χ4n) is 8.54. The summed E-state index contributed by atoms with van der Waals surface area (Å²) in [6, 6.07) is 11.1. The molecule has 2 heterocycles. The molecular weight excluding hydrogens is 582 g/mol. The van der Waals surface area contributed by atoms with Gasteiger partial charge in [-0.1, -0.05) is 92.6 Å². The highest BCUT2D eigenvalue weighted by Crippen LogP contribution is 2.40. The van der Waals surface area contributed by atoms with Gasteiger partial charge in [0.2, 0.25) is 0 Å². The van der Waals surface area contributed by atoms with Crippen LogP contribution in [-0.4, -0.2) is 79.7 Å². The van der Waals surface area contributed by atoms with Crippen molar-refractivity contribution in [2.75, 3.05) is 47.0 Å². The zero-order valence-corrected chi connectivity index (χ0v) is 28.9. The summed E-state index contributed by atoms with van der Waals surface area (Å²) in [4.78, 5) is 22.6. The molecule has 0 spiro atoms. The molecule has 6 heteroatoms. The van der Waals surface area contributed by atoms with Crippen LogP contribution < -0.4 is 0 Å². The lowest BCUT2D eigenvalue weighted by Gasteiger charge is -2.45. The Bertz CT molecular complexity index is 1400. The maximum atomic E-state index is 15.3. The minimum absolute atomic E-state index is 0.0690. The summed E-state index contributed by atoms with van der Waals surface area (Å²) in [6.07, 6.45) is 27.4. The molecular formula is C41H55N3O3. The third-order valence-electron chi connectivity index (χ3n) is 11.0. The second-order valence-electron chi connectivity index (χ2n) is 14.1. The van der Waals surface area contributed by atoms with Gasteiger partial charge in [-0.05, 0) is 61.5 Å². The molecule has 5 aliphatic rings. The van der Waals surface area contributed by atoms with E-state index in [-0.39, 0.29) is 17.9 Å². The number of nitrogens with zero attached hydrogens (tertiary/aromatic N) is 3. The zero-order chi connectivity index (χ0) is 32.6. The SMILES string of the molecule is COC[C@@H]1CCCC[C@H]1N1C=CCC(C)C(C(=O)N2CCN(CC3C=CC=CC3)C[C@@H]2CC2=C(OC)CCC=C2)=C1c1ccccc1. The molecule has 47 heavy (non-hydrogen) atoms. The number of rotatable bonds is 10. The van der Waals surface area contributed by atoms with E-state index < -0.39 is 0 Å². The fraction of sp³-hybridized carbons (Fsp3) is 0.537. The lowest BCUT2D eigenvalue weighted by molar-refractivity contribution is -0.132. The summed E-state index contributed by atoms with van der Waals surface area (Å²) in [5.74, 6) is 2.33. The van der Waals surface area contributed by atoms with Crippen molar-refractivity contribution in [1.29, 1.82) is 0 Å². The average Bonchev–Trinajstić information content (AvgIpc) is 3.28. The molecule has 0 bridgehead atoms. The first-order valence-corrected chi connectivity index (χ1v) is 18.1. The standard InChI is InChI=1S/C41H55N3O3/c1-31-15-14-24-44(37-22-12-10-21-35(37)30-46-2)40(33-18-8-5-9-19-33)39(31)41(45)43-26-25-42(28-32-16-6-4-7-17-32)29-36(43)27-34-20-11-13-23-38(34)47-3/h4-9,11,14,16,18-20,24,31-32,35-37H,10,12-13,15,17,21-23,25-30H2,1-3H3/t31?,32?,35-,36-,37+/m0/s1. The number of carbonyl (C=O) groups excluding carboxylic acids is 1. The highest BCUT2D eigenvalue weighted by atomic mass is 16.5. The summed E-state index contributed by atoms with van der Waals surface area (Å²) in [5.41, 5.74) is 4.42. The van der Waals surface area contributed by atoms with Crippen LogP contribution in [0, 0.1) is 17.8 Å². The van der Waals surface area contributed by atoms with Gasteiger partial charge >= 0.3 is 0 Å². The van der Waals surface area contributed by atoms with Crippen LogP contribution in [0.2, 0.25) is 0 Å². The van der Waals surface area contributed by atoms with E-state index in [9.17, 15) is 0 Å². The third-order valence-corrected chi connectivity index (χ3v) is 11.0. The largest absolute Gasteiger partial charge is 0.501 e. The molecule has 2 unspecified atom stereocenters. The van der Waals surface area contributed by atoms with Crippen molar-refractivity contribution in [3.05, 3.63) is 102 Å². The molecule has 6 rings (SSSR count). The summed E-state index contributed by atoms with van der Waals surface area (Å²) >= 11 is 0. The van der Waals surface area contributed by atoms with Gasteiger partial charge in [0.25, 0.3) is 5.91 Å². The Labute approximate surface area is 283 Å². The Hall–Kier alpha value is -3.35. The minimum atomic E-state index is 0.0690. The normalized spacial score (nSPS) is 28.6. The number of methoxy groups -OCH3 is 2. The quantitative estimate of drug-likeness (QED) is 0.263. The van der Waals surface area contributed by atoms with E-state index in [4.69, 9.17) is 9.47 Å². The smallest absolute Gasteiger partial charge is 0.252 e. The molecule has 1 saturated carbocycles. The van der Waals surface area contributed by atoms with Crippen LogP contribution in [0.1, 0.15) is 70.3 Å². The molecule has 0 aromatic heterocycles. The first-order chi connectivity index (χ1) is 23.1. The minimum Gasteiger partial charge on any atom is -0.501 e. The maximum absolute atomic E-state index is 15.3. The molecule has 3 aliphatic carbocycles. The molecule has 2 fully saturated rings. The number of hydrogen-bond donors (Lipinski definition) is 0. The van der Waals surface area contributed by atoms with Crippen molar-refractivity contribution in [3.8, 4) is 0 Å². The molecule has 1 aromatic carbocycles. The molecule has 6 nitrogen and oxygen atoms in total. The van der Waals surface area contributed by atoms with Crippen molar-refractivity contribution in [2.24, 2.45) is 17.8 Å². The number of piperazine rings is 1. The van der Waals surface area contributed by atoms with Gasteiger partial charge in [-0.2, -0.15) is 0 Å². The number of ether oxygens (including phenoxy) is 2. The number of allylic oxidation sites excluding steroid dienone is 7. The fourth-order valence-corrected chi connectivity index (χ4v) is 8.54. The van der Waals surface area contributed by atoms with E-state index in [0.717, 1.165) is 100 Å². The Morgan fingerprint density at radius 2 is 1.83 bits per heavy atom. The Kier molecular flexibility index (Phi) is 11.5. The molecule has 2 aliphatic heterocycles. The Morgan fingerprint density at radius 3 is 2.62 bits per heavy atom. The van der Waals surface area contributed by atoms with Crippen molar-refractivity contribution in [3.63, 3.8) is 0 Å². The van der Waals surface area contributed by atoms with Crippen LogP contribution in [0.25, 0.3) is 5.70 Å². The lowest BCUT2D eigenvalue weighted by Crippen LogP contribution is -2.56. The van der Waals surface area contributed by atoms with Crippen LogP contribution in [0.3, 0.4) is 0 Å². The zero-order valence-electron chi connectivity index (χ0n) is 28.9. The highest BCUT2D eigenvalue weighted by molar-refractivity contribution is 6.02. The van der Waals surface area contributed by atoms with Crippen molar-refractivity contribution < 1.29 is 14.3 Å². The average molecular weight is 638 g/mol. The monoisotopic (exact) mass is 637 g/mol. The van der Waals surface area contributed by atoms with Gasteiger partial charge in [0.15, 0.2) is 0 Å². The van der Waals surface area contributed by atoms with Crippen LogP contribution >= 0.6 is 0 Å². The van der Waals surface area contributed by atoms with E-state index in [1.807, 2.05) is 7.11 Å². The van der Waals surface area contributed by atoms with Crippen molar-refractivity contribution >= 4 is 11.6 Å². The van der Waals surface area contributed by atoms with E-state index in [2.05, 4.69) is 101 Å². The summed E-state index contributed by atoms with van der Waals surface area (Å²) in [6.45, 7) is 6.52. The molecule has 0 radical (unpaired) electrons. The molecule has 1 aromatic rings. The molecule has 252 valence electrons. The van der Waals surface area contributed by atoms with E-state index in [0.29, 0.717) is 17.9 Å². The summed E-state index contributed by atoms with van der Waals surface area (Å²) < 4.78 is 11.6. The van der Waals surface area contributed by atoms with Gasteiger partial charge in [0.1, 0.15) is 0 Å². The van der Waals surface area contributed by atoms with E-state index in [1.165, 1.54) is 18.4 Å². The van der Waals surface area contributed by atoms with Crippen molar-refractivity contribution in [2.45, 2.75) is 76.8 Å². The summed E-state index contributed by atoms with van der Waals surface area (Å²) in [5, 5.41) is 0. The van der Waals surface area contributed by atoms with Crippen LogP contribution in [-0.2, 0) is 14.3 Å². The number of carbonyl (C=O) groups is 1. The molecule has 1 amide bonds. The third kappa shape index (κ3) is 7.87. The van der Waals surface area contributed by atoms with Gasteiger partial charge < -0.3 is 19.3 Å². The number of benzene rings is 1. The van der Waals surface area contributed by atoms with Gasteiger partial charge in [0.05, 0.1) is 25.2 Å². The van der Waals surface area contributed by atoms with Gasteiger partial charge in [-0.15, -0.1) is 0 Å². The van der Waals surface area contributed by atoms with Crippen molar-refractivity contribution in [1.82, 2.24) is 14.7 Å². The lowest BCUT2D eigenvalue weighted by atomic mass is 9.82.